The Balaban J connectivity index is 1.71. The average molecular weight is 405 g/mol. The molecule has 1 aliphatic rings. The first-order valence-corrected chi connectivity index (χ1v) is 9.78. The van der Waals surface area contributed by atoms with E-state index in [0.717, 1.165) is 48.3 Å². The van der Waals surface area contributed by atoms with Gasteiger partial charge >= 0.3 is 6.18 Å². The summed E-state index contributed by atoms with van der Waals surface area (Å²) >= 11 is 1.06. The Kier molecular flexibility index (Phi) is 5.94. The highest BCUT2D eigenvalue weighted by atomic mass is 32.2. The topological polar surface area (TPSA) is 65.8 Å². The van der Waals surface area contributed by atoms with Gasteiger partial charge in [-0.05, 0) is 48.9 Å². The number of fused-ring (bicyclic) bond motifs is 1. The van der Waals surface area contributed by atoms with Gasteiger partial charge in [-0.2, -0.15) is 18.4 Å². The molecule has 1 heterocycles. The molecule has 3 rings (SSSR count). The van der Waals surface area contributed by atoms with E-state index in [1.165, 1.54) is 18.2 Å². The lowest BCUT2D eigenvalue weighted by Crippen LogP contribution is -2.18. The van der Waals surface area contributed by atoms with E-state index in [4.69, 9.17) is 0 Å². The summed E-state index contributed by atoms with van der Waals surface area (Å²) in [7, 11) is 0. The van der Waals surface area contributed by atoms with Crippen molar-refractivity contribution in [3.63, 3.8) is 0 Å². The van der Waals surface area contributed by atoms with Crippen LogP contribution in [0.5, 0.6) is 0 Å². The van der Waals surface area contributed by atoms with Crippen molar-refractivity contribution in [3.8, 4) is 6.07 Å². The van der Waals surface area contributed by atoms with Crippen molar-refractivity contribution in [2.75, 3.05) is 11.1 Å². The molecule has 0 radical (unpaired) electrons. The van der Waals surface area contributed by atoms with Crippen molar-refractivity contribution >= 4 is 23.4 Å². The minimum Gasteiger partial charge on any atom is -0.325 e. The molecule has 4 nitrogen and oxygen atoms in total. The van der Waals surface area contributed by atoms with E-state index in [0.29, 0.717) is 16.5 Å². The lowest BCUT2D eigenvalue weighted by atomic mass is 9.87. The number of carbonyl (C=O) groups excluding carboxylic acids is 1. The van der Waals surface area contributed by atoms with E-state index in [-0.39, 0.29) is 11.4 Å². The van der Waals surface area contributed by atoms with E-state index in [2.05, 4.69) is 23.3 Å². The summed E-state index contributed by atoms with van der Waals surface area (Å²) in [6.07, 6.45) is -1.84. The van der Waals surface area contributed by atoms with Crippen molar-refractivity contribution < 1.29 is 18.0 Å². The largest absolute Gasteiger partial charge is 0.418 e. The van der Waals surface area contributed by atoms with Gasteiger partial charge in [-0.15, -0.1) is 0 Å². The van der Waals surface area contributed by atoms with Crippen molar-refractivity contribution in [2.24, 2.45) is 5.92 Å². The van der Waals surface area contributed by atoms with Gasteiger partial charge in [0.05, 0.1) is 22.6 Å². The fourth-order valence-electron chi connectivity index (χ4n) is 3.18. The van der Waals surface area contributed by atoms with Gasteiger partial charge in [-0.25, -0.2) is 4.98 Å². The molecular formula is C20H18F3N3OS. The molecule has 1 N–H and O–H groups in total. The fraction of sp³-hybridized carbons (Fsp3) is 0.350. The standard InChI is InChI=1S/C20H18F3N3OS/c1-12-6-7-16-13(8-12)9-14(10-24)19(26-16)28-11-18(27)25-17-5-3-2-4-15(17)20(21,22)23/h2-5,9,12H,6-8,11H2,1H3,(H,25,27). The molecule has 146 valence electrons. The average Bonchev–Trinajstić information content (AvgIpc) is 2.65. The first kappa shape index (κ1) is 20.2. The molecule has 0 bridgehead atoms. The van der Waals surface area contributed by atoms with Crippen LogP contribution in [0, 0.1) is 17.2 Å². The number of nitriles is 1. The summed E-state index contributed by atoms with van der Waals surface area (Å²) in [5.74, 6) is -0.180. The van der Waals surface area contributed by atoms with Crippen LogP contribution in [0.2, 0.25) is 0 Å². The molecule has 0 aliphatic heterocycles. The molecule has 1 unspecified atom stereocenters. The summed E-state index contributed by atoms with van der Waals surface area (Å²) in [4.78, 5) is 16.7. The maximum absolute atomic E-state index is 13.0. The van der Waals surface area contributed by atoms with Crippen LogP contribution in [-0.4, -0.2) is 16.6 Å². The molecule has 1 aliphatic carbocycles. The van der Waals surface area contributed by atoms with Crippen LogP contribution in [0.25, 0.3) is 0 Å². The number of nitrogens with zero attached hydrogens (tertiary/aromatic N) is 2. The van der Waals surface area contributed by atoms with Crippen LogP contribution < -0.4 is 5.32 Å². The van der Waals surface area contributed by atoms with E-state index in [1.807, 2.05) is 6.07 Å². The predicted molar refractivity (Wildman–Crippen MR) is 101 cm³/mol. The van der Waals surface area contributed by atoms with Crippen LogP contribution in [0.1, 0.15) is 35.7 Å². The van der Waals surface area contributed by atoms with Crippen molar-refractivity contribution in [1.82, 2.24) is 4.98 Å². The lowest BCUT2D eigenvalue weighted by molar-refractivity contribution is -0.137. The Hall–Kier alpha value is -2.53. The van der Waals surface area contributed by atoms with Gasteiger partial charge in [0.25, 0.3) is 0 Å². The number of benzene rings is 1. The van der Waals surface area contributed by atoms with E-state index in [9.17, 15) is 23.2 Å². The molecular weight excluding hydrogens is 387 g/mol. The molecule has 1 aromatic heterocycles. The molecule has 0 saturated carbocycles. The highest BCUT2D eigenvalue weighted by Crippen LogP contribution is 2.35. The number of alkyl halides is 3. The summed E-state index contributed by atoms with van der Waals surface area (Å²) in [5, 5.41) is 12.1. The monoisotopic (exact) mass is 405 g/mol. The number of carbonyl (C=O) groups is 1. The number of para-hydroxylation sites is 1. The molecule has 1 aromatic carbocycles. The number of thioether (sulfide) groups is 1. The Labute approximate surface area is 165 Å². The second kappa shape index (κ2) is 8.23. The van der Waals surface area contributed by atoms with Gasteiger partial charge in [0.1, 0.15) is 11.1 Å². The number of nitrogens with one attached hydrogen (secondary N) is 1. The van der Waals surface area contributed by atoms with Gasteiger partial charge in [0.2, 0.25) is 5.91 Å². The van der Waals surface area contributed by atoms with Gasteiger partial charge in [-0.1, -0.05) is 30.8 Å². The first-order chi connectivity index (χ1) is 13.3. The van der Waals surface area contributed by atoms with Gasteiger partial charge < -0.3 is 5.32 Å². The van der Waals surface area contributed by atoms with Crippen molar-refractivity contribution in [2.45, 2.75) is 37.4 Å². The number of hydrogen-bond acceptors (Lipinski definition) is 4. The smallest absolute Gasteiger partial charge is 0.325 e. The quantitative estimate of drug-likeness (QED) is 0.740. The number of pyridine rings is 1. The second-order valence-electron chi connectivity index (χ2n) is 6.79. The molecule has 2 aromatic rings. The van der Waals surface area contributed by atoms with Crippen LogP contribution in [0.4, 0.5) is 18.9 Å². The van der Waals surface area contributed by atoms with Crippen LogP contribution >= 0.6 is 11.8 Å². The number of amides is 1. The summed E-state index contributed by atoms with van der Waals surface area (Å²) in [6.45, 7) is 2.15. The molecule has 28 heavy (non-hydrogen) atoms. The zero-order valence-corrected chi connectivity index (χ0v) is 16.0. The zero-order chi connectivity index (χ0) is 20.3. The minimum atomic E-state index is -4.55. The predicted octanol–water partition coefficient (Wildman–Crippen LogP) is 4.83. The van der Waals surface area contributed by atoms with Crippen molar-refractivity contribution in [3.05, 3.63) is 52.7 Å². The third-order valence-corrected chi connectivity index (χ3v) is 5.56. The van der Waals surface area contributed by atoms with Crippen LogP contribution in [0.3, 0.4) is 0 Å². The zero-order valence-electron chi connectivity index (χ0n) is 15.1. The number of hydrogen-bond donors (Lipinski definition) is 1. The maximum atomic E-state index is 13.0. The molecule has 0 fully saturated rings. The Morgan fingerprint density at radius 3 is 2.86 bits per heavy atom. The Morgan fingerprint density at radius 2 is 2.14 bits per heavy atom. The molecule has 1 amide bonds. The second-order valence-corrected chi connectivity index (χ2v) is 7.75. The fourth-order valence-corrected chi connectivity index (χ4v) is 3.95. The van der Waals surface area contributed by atoms with Gasteiger partial charge in [0, 0.05) is 5.69 Å². The lowest BCUT2D eigenvalue weighted by Gasteiger charge is -2.21. The van der Waals surface area contributed by atoms with Gasteiger partial charge in [-0.3, -0.25) is 4.79 Å². The molecule has 1 atom stereocenters. The minimum absolute atomic E-state index is 0.136. The Bertz CT molecular complexity index is 937. The van der Waals surface area contributed by atoms with Crippen LogP contribution in [-0.2, 0) is 23.8 Å². The number of rotatable bonds is 4. The summed E-state index contributed by atoms with van der Waals surface area (Å²) in [5.41, 5.74) is 1.20. The maximum Gasteiger partial charge on any atom is 0.418 e. The third kappa shape index (κ3) is 4.65. The molecule has 0 spiro atoms. The van der Waals surface area contributed by atoms with E-state index < -0.39 is 17.6 Å². The first-order valence-electron chi connectivity index (χ1n) is 8.79. The van der Waals surface area contributed by atoms with Gasteiger partial charge in [0.15, 0.2) is 0 Å². The van der Waals surface area contributed by atoms with E-state index in [1.54, 1.807) is 0 Å². The van der Waals surface area contributed by atoms with E-state index >= 15 is 0 Å². The van der Waals surface area contributed by atoms with Crippen molar-refractivity contribution in [1.29, 1.82) is 5.26 Å². The summed E-state index contributed by atoms with van der Waals surface area (Å²) in [6, 6.07) is 8.74. The number of aromatic nitrogens is 1. The number of anilines is 1. The number of aryl methyl sites for hydroxylation is 1. The molecule has 0 saturated heterocycles. The Morgan fingerprint density at radius 1 is 1.39 bits per heavy atom. The summed E-state index contributed by atoms with van der Waals surface area (Å²) < 4.78 is 39.1. The third-order valence-electron chi connectivity index (χ3n) is 4.57. The van der Waals surface area contributed by atoms with Crippen LogP contribution in [0.15, 0.2) is 35.4 Å². The molecule has 8 heteroatoms. The highest BCUT2D eigenvalue weighted by molar-refractivity contribution is 8.00. The normalized spacial score (nSPS) is 16.2. The highest BCUT2D eigenvalue weighted by Gasteiger charge is 2.33. The number of halogens is 3. The SMILES string of the molecule is CC1CCc2nc(SCC(=O)Nc3ccccc3C(F)(F)F)c(C#N)cc2C1.